The maximum atomic E-state index is 13.5. The van der Waals surface area contributed by atoms with Crippen LogP contribution in [0.25, 0.3) is 0 Å². The number of carbonyl (C=O) groups excluding carboxylic acids is 2. The van der Waals surface area contributed by atoms with Crippen LogP contribution in [0, 0.1) is 0 Å². The second-order valence-electron chi connectivity index (χ2n) is 23.2. The first-order chi connectivity index (χ1) is 42.2. The summed E-state index contributed by atoms with van der Waals surface area (Å²) >= 11 is 0. The van der Waals surface area contributed by atoms with Gasteiger partial charge in [0, 0.05) is 6.42 Å². The van der Waals surface area contributed by atoms with Gasteiger partial charge in [-0.2, -0.15) is 0 Å². The van der Waals surface area contributed by atoms with Crippen LogP contribution in [0.1, 0.15) is 265 Å². The average molecular weight is 1200 g/mol. The minimum atomic E-state index is -1.64. The smallest absolute Gasteiger partial charge is 0.306 e. The van der Waals surface area contributed by atoms with Gasteiger partial charge in [0.05, 0.1) is 25.4 Å². The summed E-state index contributed by atoms with van der Waals surface area (Å²) in [5.74, 6) is -1.24. The summed E-state index contributed by atoms with van der Waals surface area (Å²) in [6, 6.07) is -1.05. The largest absolute Gasteiger partial charge is 0.454 e. The highest BCUT2D eigenvalue weighted by atomic mass is 16.7. The molecule has 0 radical (unpaired) electrons. The molecule has 1 heterocycles. The van der Waals surface area contributed by atoms with Gasteiger partial charge in [-0.15, -0.1) is 0 Å². The van der Waals surface area contributed by atoms with Crippen LogP contribution in [0.4, 0.5) is 0 Å². The highest BCUT2D eigenvalue weighted by Gasteiger charge is 2.47. The van der Waals surface area contributed by atoms with Crippen molar-refractivity contribution in [3.63, 3.8) is 0 Å². The lowest BCUT2D eigenvalue weighted by Gasteiger charge is -2.41. The number of allylic oxidation sites excluding steroid dienone is 21. The highest BCUT2D eigenvalue weighted by molar-refractivity contribution is 5.80. The summed E-state index contributed by atoms with van der Waals surface area (Å²) in [7, 11) is 0. The molecule has 0 aromatic carbocycles. The molecule has 86 heavy (non-hydrogen) atoms. The van der Waals surface area contributed by atoms with E-state index in [4.69, 9.17) is 14.2 Å². The molecule has 11 nitrogen and oxygen atoms in total. The summed E-state index contributed by atoms with van der Waals surface area (Å²) in [5.41, 5.74) is 0. The number of esters is 1. The van der Waals surface area contributed by atoms with Crippen LogP contribution >= 0.6 is 0 Å². The topological polar surface area (TPSA) is 175 Å². The van der Waals surface area contributed by atoms with E-state index in [2.05, 4.69) is 148 Å². The zero-order valence-electron chi connectivity index (χ0n) is 54.4. The first-order valence-corrected chi connectivity index (χ1v) is 34.5. The second kappa shape index (κ2) is 61.1. The third-order valence-electron chi connectivity index (χ3n) is 15.3. The summed E-state index contributed by atoms with van der Waals surface area (Å²) in [5, 5.41) is 57.2. The molecule has 1 amide bonds. The number of amides is 1. The fraction of sp³-hybridized carbons (Fsp3) is 0.680. The van der Waals surface area contributed by atoms with Crippen LogP contribution in [0.5, 0.6) is 0 Å². The number of hydrogen-bond donors (Lipinski definition) is 6. The fourth-order valence-corrected chi connectivity index (χ4v) is 9.87. The van der Waals surface area contributed by atoms with Gasteiger partial charge in [0.2, 0.25) is 5.91 Å². The number of rotatable bonds is 57. The van der Waals surface area contributed by atoms with E-state index in [1.165, 1.54) is 70.6 Å². The minimum absolute atomic E-state index is 0.0846. The maximum absolute atomic E-state index is 13.5. The predicted molar refractivity (Wildman–Crippen MR) is 361 cm³/mol. The van der Waals surface area contributed by atoms with Crippen LogP contribution in [0.15, 0.2) is 134 Å². The number of aliphatic hydroxyl groups excluding tert-OH is 5. The molecule has 1 aliphatic heterocycles. The zero-order valence-corrected chi connectivity index (χ0v) is 54.4. The quantitative estimate of drug-likeness (QED) is 0.0195. The molecule has 0 saturated carbocycles. The fourth-order valence-electron chi connectivity index (χ4n) is 9.87. The van der Waals surface area contributed by atoms with Crippen molar-refractivity contribution in [2.45, 2.75) is 314 Å². The molecule has 0 aromatic rings. The molecular weight excluding hydrogens is 1070 g/mol. The Balaban J connectivity index is 2.65. The van der Waals surface area contributed by atoms with E-state index in [-0.39, 0.29) is 19.4 Å². The van der Waals surface area contributed by atoms with Crippen LogP contribution in [0.2, 0.25) is 0 Å². The van der Waals surface area contributed by atoms with E-state index in [0.29, 0.717) is 12.8 Å². The number of unbranched alkanes of at least 4 members (excludes halogenated alkanes) is 23. The van der Waals surface area contributed by atoms with Gasteiger partial charge in [-0.05, 0) is 122 Å². The van der Waals surface area contributed by atoms with Gasteiger partial charge in [0.15, 0.2) is 12.4 Å². The minimum Gasteiger partial charge on any atom is -0.454 e. The van der Waals surface area contributed by atoms with Gasteiger partial charge in [-0.1, -0.05) is 270 Å². The standard InChI is InChI=1S/C75H125NO10/c1-4-7-10-13-16-19-22-25-27-29-31-33-35-37-39-41-43-45-48-51-54-57-60-63-70(80)86-73-72(82)71(81)69(64-77)85-75(73)84-65-66(67(78)61-58-55-52-49-46-24-21-18-15-12-9-6-3)76-74(83)68(79)62-59-56-53-50-47-44-42-40-38-36-34-32-30-28-26-23-20-17-14-11-8-5-2/h7,10,16-17,19-20,25-28,31-34,37-40,43,45,58,61,66-69,71-73,75,77-79,81-82H,4-6,8-9,11-15,18,21-24,29-30,35-36,41-42,44,46-57,59-60,62-65H2,1-3H3,(H,76,83)/b10-7-,19-16-,20-17-,27-25-,28-26-,33-31-,34-32-,39-37-,40-38-,45-43-,61-58+. The van der Waals surface area contributed by atoms with Crippen molar-refractivity contribution >= 4 is 11.9 Å². The van der Waals surface area contributed by atoms with Gasteiger partial charge < -0.3 is 45.1 Å². The number of carbonyl (C=O) groups is 2. The molecule has 0 aliphatic carbocycles. The lowest BCUT2D eigenvalue weighted by Crippen LogP contribution is -2.61. The van der Waals surface area contributed by atoms with Crippen molar-refractivity contribution in [2.75, 3.05) is 13.2 Å². The molecule has 8 unspecified atom stereocenters. The number of ether oxygens (including phenoxy) is 3. The SMILES string of the molecule is CC/C=C\C/C=C\C/C=C\C/C=C\C/C=C\C/C=C\CCCCCCC(=O)OC1C(OCC(NC(=O)C(O)CCCCCCCC/C=C\C/C=C\C/C=C\C/C=C\CCCCC)C(O)/C=C/CCCCCCCCCCCC)OC(CO)C(O)C1O. The van der Waals surface area contributed by atoms with Gasteiger partial charge in [0.1, 0.15) is 24.4 Å². The van der Waals surface area contributed by atoms with E-state index in [9.17, 15) is 35.1 Å². The van der Waals surface area contributed by atoms with Crippen molar-refractivity contribution in [2.24, 2.45) is 0 Å². The van der Waals surface area contributed by atoms with Gasteiger partial charge in [0.25, 0.3) is 0 Å². The second-order valence-corrected chi connectivity index (χ2v) is 23.2. The Morgan fingerprint density at radius 2 is 0.837 bits per heavy atom. The third-order valence-corrected chi connectivity index (χ3v) is 15.3. The molecule has 490 valence electrons. The first-order valence-electron chi connectivity index (χ1n) is 34.5. The Morgan fingerprint density at radius 1 is 0.465 bits per heavy atom. The normalized spacial score (nSPS) is 19.2. The van der Waals surface area contributed by atoms with Crippen LogP contribution in [-0.4, -0.2) is 99.6 Å². The lowest BCUT2D eigenvalue weighted by molar-refractivity contribution is -0.305. The maximum Gasteiger partial charge on any atom is 0.306 e. The zero-order chi connectivity index (χ0) is 62.4. The van der Waals surface area contributed by atoms with E-state index in [0.717, 1.165) is 148 Å². The number of aliphatic hydroxyl groups is 5. The predicted octanol–water partition coefficient (Wildman–Crippen LogP) is 17.6. The molecule has 6 N–H and O–H groups in total. The summed E-state index contributed by atoms with van der Waals surface area (Å²) in [4.78, 5) is 26.7. The molecule has 0 bridgehead atoms. The molecule has 8 atom stereocenters. The van der Waals surface area contributed by atoms with Crippen molar-refractivity contribution in [1.29, 1.82) is 0 Å². The first kappa shape index (κ1) is 79.8. The molecule has 0 spiro atoms. The van der Waals surface area contributed by atoms with Gasteiger partial charge in [-0.25, -0.2) is 0 Å². The Kier molecular flexibility index (Phi) is 56.7. The number of hydrogen-bond acceptors (Lipinski definition) is 10. The van der Waals surface area contributed by atoms with Crippen molar-refractivity contribution < 1.29 is 49.3 Å². The Morgan fingerprint density at radius 3 is 1.28 bits per heavy atom. The van der Waals surface area contributed by atoms with Crippen molar-refractivity contribution in [1.82, 2.24) is 5.32 Å². The van der Waals surface area contributed by atoms with Crippen LogP contribution < -0.4 is 5.32 Å². The summed E-state index contributed by atoms with van der Waals surface area (Å²) in [6.45, 7) is 5.63. The highest BCUT2D eigenvalue weighted by Crippen LogP contribution is 2.26. The lowest BCUT2D eigenvalue weighted by atomic mass is 9.99. The molecule has 1 saturated heterocycles. The third kappa shape index (κ3) is 47.8. The van der Waals surface area contributed by atoms with E-state index in [1.54, 1.807) is 6.08 Å². The molecular formula is C75H125NO10. The summed E-state index contributed by atoms with van der Waals surface area (Å²) < 4.78 is 17.6. The van der Waals surface area contributed by atoms with Crippen LogP contribution in [0.3, 0.4) is 0 Å². The Bertz CT molecular complexity index is 1910. The van der Waals surface area contributed by atoms with Gasteiger partial charge >= 0.3 is 5.97 Å². The van der Waals surface area contributed by atoms with Crippen LogP contribution in [-0.2, 0) is 23.8 Å². The molecule has 1 rings (SSSR count). The van der Waals surface area contributed by atoms with E-state index >= 15 is 0 Å². The summed E-state index contributed by atoms with van der Waals surface area (Å²) in [6.07, 6.45) is 76.2. The van der Waals surface area contributed by atoms with E-state index in [1.807, 2.05) is 6.08 Å². The average Bonchev–Trinajstić information content (AvgIpc) is 3.39. The van der Waals surface area contributed by atoms with Crippen molar-refractivity contribution in [3.8, 4) is 0 Å². The molecule has 0 aromatic heterocycles. The van der Waals surface area contributed by atoms with Crippen molar-refractivity contribution in [3.05, 3.63) is 134 Å². The Labute approximate surface area is 524 Å². The molecule has 11 heteroatoms. The molecule has 1 fully saturated rings. The van der Waals surface area contributed by atoms with E-state index < -0.39 is 67.4 Å². The Hall–Kier alpha value is -4.20. The molecule has 1 aliphatic rings. The number of nitrogens with one attached hydrogen (secondary N) is 1. The van der Waals surface area contributed by atoms with Gasteiger partial charge in [-0.3, -0.25) is 9.59 Å². The monoisotopic (exact) mass is 1200 g/mol.